The first-order valence-corrected chi connectivity index (χ1v) is 5.88. The zero-order valence-electron chi connectivity index (χ0n) is 10.1. The van der Waals surface area contributed by atoms with Crippen molar-refractivity contribution in [3.05, 3.63) is 40.0 Å². The van der Waals surface area contributed by atoms with Crippen LogP contribution < -0.4 is 4.74 Å². The number of carboxylic acids is 1. The Kier molecular flexibility index (Phi) is 3.79. The fourth-order valence-corrected chi connectivity index (χ4v) is 1.56. The van der Waals surface area contributed by atoms with Gasteiger partial charge in [-0.1, -0.05) is 0 Å². The largest absolute Gasteiger partial charge is 0.493 e. The van der Waals surface area contributed by atoms with Crippen molar-refractivity contribution in [3.63, 3.8) is 0 Å². The van der Waals surface area contributed by atoms with Crippen molar-refractivity contribution in [2.45, 2.75) is 12.8 Å². The molecule has 1 N–H and O–H groups in total. The van der Waals surface area contributed by atoms with Gasteiger partial charge in [0.2, 0.25) is 0 Å². The van der Waals surface area contributed by atoms with Crippen molar-refractivity contribution >= 4 is 17.7 Å². The second kappa shape index (κ2) is 5.51. The van der Waals surface area contributed by atoms with Crippen molar-refractivity contribution in [1.82, 2.24) is 0 Å². The van der Waals surface area contributed by atoms with Gasteiger partial charge in [-0.25, -0.2) is 4.79 Å². The lowest BCUT2D eigenvalue weighted by molar-refractivity contribution is -0.384. The highest BCUT2D eigenvalue weighted by Gasteiger charge is 2.22. The molecule has 6 heteroatoms. The number of rotatable bonds is 6. The Labute approximate surface area is 109 Å². The number of ether oxygens (including phenoxy) is 1. The van der Waals surface area contributed by atoms with Gasteiger partial charge in [0, 0.05) is 23.8 Å². The summed E-state index contributed by atoms with van der Waals surface area (Å²) in [4.78, 5) is 20.7. The van der Waals surface area contributed by atoms with E-state index in [0.29, 0.717) is 23.8 Å². The minimum atomic E-state index is -1.11. The van der Waals surface area contributed by atoms with Crippen molar-refractivity contribution < 1.29 is 19.6 Å². The summed E-state index contributed by atoms with van der Waals surface area (Å²) >= 11 is 0. The molecule has 0 heterocycles. The highest BCUT2D eigenvalue weighted by molar-refractivity contribution is 5.86. The summed E-state index contributed by atoms with van der Waals surface area (Å²) in [5.74, 6) is -0.0962. The van der Waals surface area contributed by atoms with Gasteiger partial charge in [0.05, 0.1) is 11.5 Å². The Morgan fingerprint density at radius 2 is 2.26 bits per heavy atom. The molecular weight excluding hydrogens is 250 g/mol. The van der Waals surface area contributed by atoms with Gasteiger partial charge in [-0.15, -0.1) is 0 Å². The Morgan fingerprint density at radius 3 is 2.84 bits per heavy atom. The first-order chi connectivity index (χ1) is 9.06. The highest BCUT2D eigenvalue weighted by Crippen LogP contribution is 2.31. The van der Waals surface area contributed by atoms with Crippen molar-refractivity contribution in [2.75, 3.05) is 6.61 Å². The van der Waals surface area contributed by atoms with Crippen LogP contribution in [-0.4, -0.2) is 22.6 Å². The number of nitro groups is 1. The maximum Gasteiger partial charge on any atom is 0.328 e. The number of hydrogen-bond donors (Lipinski definition) is 1. The molecule has 1 fully saturated rings. The van der Waals surface area contributed by atoms with Gasteiger partial charge in [-0.3, -0.25) is 10.1 Å². The molecule has 1 aliphatic carbocycles. The van der Waals surface area contributed by atoms with Gasteiger partial charge in [0.1, 0.15) is 5.75 Å². The Bertz CT molecular complexity index is 534. The van der Waals surface area contributed by atoms with E-state index in [1.165, 1.54) is 24.3 Å². The van der Waals surface area contributed by atoms with Gasteiger partial charge >= 0.3 is 5.97 Å². The van der Waals surface area contributed by atoms with E-state index in [1.54, 1.807) is 0 Å². The van der Waals surface area contributed by atoms with Crippen LogP contribution in [0.15, 0.2) is 24.3 Å². The zero-order chi connectivity index (χ0) is 13.8. The zero-order valence-corrected chi connectivity index (χ0v) is 10.1. The van der Waals surface area contributed by atoms with Gasteiger partial charge in [0.15, 0.2) is 0 Å². The number of nitrogens with zero attached hydrogens (tertiary/aromatic N) is 1. The molecule has 1 aromatic carbocycles. The molecule has 2 rings (SSSR count). The standard InChI is InChI=1S/C13H13NO5/c15-13(16)6-3-10-7-11(14(17)18)4-5-12(10)19-8-9-1-2-9/h3-7,9H,1-2,8H2,(H,15,16)/b6-3+. The van der Waals surface area contributed by atoms with Crippen LogP contribution in [0, 0.1) is 16.0 Å². The second-order valence-electron chi connectivity index (χ2n) is 4.41. The molecule has 1 aromatic rings. The monoisotopic (exact) mass is 263 g/mol. The summed E-state index contributed by atoms with van der Waals surface area (Å²) in [7, 11) is 0. The van der Waals surface area contributed by atoms with Crippen LogP contribution in [0.4, 0.5) is 5.69 Å². The fourth-order valence-electron chi connectivity index (χ4n) is 1.56. The van der Waals surface area contributed by atoms with Crippen LogP contribution in [-0.2, 0) is 4.79 Å². The lowest BCUT2D eigenvalue weighted by Gasteiger charge is -2.08. The van der Waals surface area contributed by atoms with E-state index in [1.807, 2.05) is 0 Å². The first kappa shape index (κ1) is 13.1. The molecule has 6 nitrogen and oxygen atoms in total. The molecule has 100 valence electrons. The summed E-state index contributed by atoms with van der Waals surface area (Å²) in [6.45, 7) is 0.561. The van der Waals surface area contributed by atoms with E-state index in [4.69, 9.17) is 9.84 Å². The van der Waals surface area contributed by atoms with E-state index in [2.05, 4.69) is 0 Å². The molecule has 0 aromatic heterocycles. The lowest BCUT2D eigenvalue weighted by atomic mass is 10.1. The average molecular weight is 263 g/mol. The van der Waals surface area contributed by atoms with Gasteiger partial charge in [-0.05, 0) is 30.9 Å². The molecule has 0 saturated heterocycles. The Balaban J connectivity index is 2.22. The lowest BCUT2D eigenvalue weighted by Crippen LogP contribution is -2.01. The minimum Gasteiger partial charge on any atom is -0.493 e. The van der Waals surface area contributed by atoms with Crippen molar-refractivity contribution in [3.8, 4) is 5.75 Å². The number of aliphatic carboxylic acids is 1. The number of nitro benzene ring substituents is 1. The highest BCUT2D eigenvalue weighted by atomic mass is 16.6. The molecule has 0 bridgehead atoms. The maximum absolute atomic E-state index is 10.7. The maximum atomic E-state index is 10.7. The molecule has 0 aliphatic heterocycles. The third-order valence-corrected chi connectivity index (χ3v) is 2.78. The molecule has 0 atom stereocenters. The van der Waals surface area contributed by atoms with Crippen molar-refractivity contribution in [1.29, 1.82) is 0 Å². The Hall–Kier alpha value is -2.37. The third-order valence-electron chi connectivity index (χ3n) is 2.78. The van der Waals surface area contributed by atoms with Crippen LogP contribution in [0.25, 0.3) is 6.08 Å². The van der Waals surface area contributed by atoms with Gasteiger partial charge in [-0.2, -0.15) is 0 Å². The summed E-state index contributed by atoms with van der Waals surface area (Å²) < 4.78 is 5.56. The number of carbonyl (C=O) groups is 1. The second-order valence-corrected chi connectivity index (χ2v) is 4.41. The fraction of sp³-hybridized carbons (Fsp3) is 0.308. The molecule has 0 unspecified atom stereocenters. The van der Waals surface area contributed by atoms with E-state index in [9.17, 15) is 14.9 Å². The predicted octanol–water partition coefficient (Wildman–Crippen LogP) is 2.48. The number of carboxylic acid groups (broad SMARTS) is 1. The van der Waals surface area contributed by atoms with Gasteiger partial charge in [0.25, 0.3) is 5.69 Å². The molecule has 0 radical (unpaired) electrons. The third kappa shape index (κ3) is 3.80. The van der Waals surface area contributed by atoms with Crippen LogP contribution in [0.5, 0.6) is 5.75 Å². The number of non-ortho nitro benzene ring substituents is 1. The molecule has 0 spiro atoms. The molecule has 1 aliphatic rings. The summed E-state index contributed by atoms with van der Waals surface area (Å²) in [5, 5.41) is 19.3. The van der Waals surface area contributed by atoms with E-state index in [0.717, 1.165) is 18.9 Å². The van der Waals surface area contributed by atoms with Crippen LogP contribution in [0.2, 0.25) is 0 Å². The van der Waals surface area contributed by atoms with Crippen LogP contribution >= 0.6 is 0 Å². The Morgan fingerprint density at radius 1 is 1.53 bits per heavy atom. The van der Waals surface area contributed by atoms with Crippen LogP contribution in [0.3, 0.4) is 0 Å². The first-order valence-electron chi connectivity index (χ1n) is 5.88. The smallest absolute Gasteiger partial charge is 0.328 e. The quantitative estimate of drug-likeness (QED) is 0.483. The van der Waals surface area contributed by atoms with E-state index >= 15 is 0 Å². The molecule has 0 amide bonds. The molecular formula is C13H13NO5. The average Bonchev–Trinajstić information content (AvgIpc) is 3.18. The topological polar surface area (TPSA) is 89.7 Å². The number of hydrogen-bond acceptors (Lipinski definition) is 4. The van der Waals surface area contributed by atoms with E-state index < -0.39 is 10.9 Å². The normalized spacial score (nSPS) is 14.5. The summed E-state index contributed by atoms with van der Waals surface area (Å²) in [5.41, 5.74) is 0.307. The van der Waals surface area contributed by atoms with Gasteiger partial charge < -0.3 is 9.84 Å². The van der Waals surface area contributed by atoms with Crippen LogP contribution in [0.1, 0.15) is 18.4 Å². The minimum absolute atomic E-state index is 0.0937. The predicted molar refractivity (Wildman–Crippen MR) is 68.0 cm³/mol. The molecule has 1 saturated carbocycles. The summed E-state index contributed by atoms with van der Waals surface area (Å²) in [6.07, 6.45) is 4.50. The summed E-state index contributed by atoms with van der Waals surface area (Å²) in [6, 6.07) is 4.16. The molecule has 19 heavy (non-hydrogen) atoms. The van der Waals surface area contributed by atoms with Crippen molar-refractivity contribution in [2.24, 2.45) is 5.92 Å². The SMILES string of the molecule is O=C(O)/C=C/c1cc([N+](=O)[O-])ccc1OCC1CC1. The number of benzene rings is 1. The van der Waals surface area contributed by atoms with E-state index in [-0.39, 0.29) is 5.69 Å².